The van der Waals surface area contributed by atoms with Crippen LogP contribution in [0, 0.1) is 5.92 Å². The predicted octanol–water partition coefficient (Wildman–Crippen LogP) is 1.45. The van der Waals surface area contributed by atoms with Crippen LogP contribution in [0.3, 0.4) is 0 Å². The maximum atomic E-state index is 13.0. The van der Waals surface area contributed by atoms with Gasteiger partial charge in [0.15, 0.2) is 11.5 Å². The summed E-state index contributed by atoms with van der Waals surface area (Å²) in [6, 6.07) is 0.764. The summed E-state index contributed by atoms with van der Waals surface area (Å²) in [5.74, 6) is 0.341. The first-order valence-electron chi connectivity index (χ1n) is 8.10. The summed E-state index contributed by atoms with van der Waals surface area (Å²) in [7, 11) is 0. The Kier molecular flexibility index (Phi) is 3.73. The number of H-pyrrole nitrogens is 1. The van der Waals surface area contributed by atoms with Crippen LogP contribution in [0.25, 0.3) is 0 Å². The van der Waals surface area contributed by atoms with E-state index in [4.69, 9.17) is 0 Å². The Balaban J connectivity index is 1.50. The Bertz CT molecular complexity index is 766. The Labute approximate surface area is 140 Å². The summed E-state index contributed by atoms with van der Waals surface area (Å²) in [4.78, 5) is 14.3. The van der Waals surface area contributed by atoms with Crippen LogP contribution in [0.4, 0.5) is 13.2 Å². The van der Waals surface area contributed by atoms with E-state index in [1.165, 1.54) is 4.68 Å². The molecule has 1 N–H and O–H groups in total. The van der Waals surface area contributed by atoms with Crippen molar-refractivity contribution in [1.82, 2.24) is 35.3 Å². The maximum Gasteiger partial charge on any atom is 0.435 e. The van der Waals surface area contributed by atoms with Crippen molar-refractivity contribution in [1.29, 1.82) is 0 Å². The van der Waals surface area contributed by atoms with Gasteiger partial charge in [-0.3, -0.25) is 9.48 Å². The van der Waals surface area contributed by atoms with E-state index in [1.54, 1.807) is 4.90 Å². The van der Waals surface area contributed by atoms with E-state index in [-0.39, 0.29) is 17.7 Å². The monoisotopic (exact) mass is 355 g/mol. The quantitative estimate of drug-likeness (QED) is 0.896. The number of aromatic amines is 1. The number of likely N-dealkylation sites (tertiary alicyclic amines) is 1. The van der Waals surface area contributed by atoms with Gasteiger partial charge in [-0.2, -0.15) is 23.5 Å². The highest BCUT2D eigenvalue weighted by atomic mass is 19.4. The summed E-state index contributed by atoms with van der Waals surface area (Å²) in [6.07, 6.45) is -1.72. The molecule has 2 aromatic heterocycles. The van der Waals surface area contributed by atoms with Gasteiger partial charge in [0.2, 0.25) is 0 Å². The molecule has 2 aliphatic rings. The molecular weight excluding hydrogens is 339 g/mol. The molecular formula is C14H16F3N7O. The molecule has 1 unspecified atom stereocenters. The molecule has 1 atom stereocenters. The fraction of sp³-hybridized carbons (Fsp3) is 0.643. The number of amides is 1. The molecule has 0 radical (unpaired) electrons. The van der Waals surface area contributed by atoms with Gasteiger partial charge in [0.05, 0.1) is 6.04 Å². The molecule has 1 saturated carbocycles. The first-order valence-corrected chi connectivity index (χ1v) is 8.10. The highest BCUT2D eigenvalue weighted by Crippen LogP contribution is 2.38. The lowest BCUT2D eigenvalue weighted by Gasteiger charge is -2.17. The van der Waals surface area contributed by atoms with Crippen molar-refractivity contribution in [3.05, 3.63) is 23.3 Å². The molecule has 1 aliphatic carbocycles. The molecule has 134 valence electrons. The van der Waals surface area contributed by atoms with Crippen LogP contribution < -0.4 is 0 Å². The van der Waals surface area contributed by atoms with Crippen LogP contribution in [0.15, 0.2) is 6.07 Å². The molecule has 8 nitrogen and oxygen atoms in total. The van der Waals surface area contributed by atoms with E-state index in [1.807, 2.05) is 0 Å². The molecule has 1 saturated heterocycles. The number of rotatable bonds is 4. The van der Waals surface area contributed by atoms with Crippen LogP contribution in [0.2, 0.25) is 0 Å². The van der Waals surface area contributed by atoms with E-state index in [9.17, 15) is 18.0 Å². The largest absolute Gasteiger partial charge is 0.435 e. The van der Waals surface area contributed by atoms with E-state index >= 15 is 0 Å². The van der Waals surface area contributed by atoms with Crippen LogP contribution in [0.5, 0.6) is 0 Å². The van der Waals surface area contributed by atoms with Crippen LogP contribution in [-0.2, 0) is 12.6 Å². The number of nitrogens with zero attached hydrogens (tertiary/aromatic N) is 6. The number of carbonyl (C=O) groups is 1. The zero-order valence-corrected chi connectivity index (χ0v) is 13.2. The summed E-state index contributed by atoms with van der Waals surface area (Å²) < 4.78 is 40.1. The minimum Gasteiger partial charge on any atom is -0.337 e. The normalized spacial score (nSPS) is 21.1. The number of halogens is 3. The van der Waals surface area contributed by atoms with Crippen molar-refractivity contribution in [3.8, 4) is 0 Å². The average Bonchev–Trinajstić information content (AvgIpc) is 2.99. The second-order valence-corrected chi connectivity index (χ2v) is 6.53. The van der Waals surface area contributed by atoms with Gasteiger partial charge in [-0.25, -0.2) is 0 Å². The lowest BCUT2D eigenvalue weighted by molar-refractivity contribution is -0.141. The minimum atomic E-state index is -4.55. The highest BCUT2D eigenvalue weighted by molar-refractivity contribution is 5.93. The summed E-state index contributed by atoms with van der Waals surface area (Å²) in [6.45, 7) is 0.961. The molecule has 3 heterocycles. The molecule has 0 bridgehead atoms. The molecule has 0 spiro atoms. The van der Waals surface area contributed by atoms with E-state index in [2.05, 4.69) is 25.7 Å². The van der Waals surface area contributed by atoms with Crippen molar-refractivity contribution in [3.63, 3.8) is 0 Å². The van der Waals surface area contributed by atoms with Gasteiger partial charge in [0, 0.05) is 25.6 Å². The Morgan fingerprint density at radius 2 is 2.12 bits per heavy atom. The van der Waals surface area contributed by atoms with Crippen LogP contribution in [0.1, 0.15) is 47.3 Å². The maximum absolute atomic E-state index is 13.0. The van der Waals surface area contributed by atoms with Gasteiger partial charge in [0.1, 0.15) is 5.69 Å². The number of alkyl halides is 3. The number of hydrogen-bond acceptors (Lipinski definition) is 5. The lowest BCUT2D eigenvalue weighted by atomic mass is 10.1. The molecule has 25 heavy (non-hydrogen) atoms. The lowest BCUT2D eigenvalue weighted by Crippen LogP contribution is -2.30. The number of carbonyl (C=O) groups excluding carboxylic acids is 1. The molecule has 4 rings (SSSR count). The van der Waals surface area contributed by atoms with Crippen molar-refractivity contribution >= 4 is 5.91 Å². The fourth-order valence-electron chi connectivity index (χ4n) is 3.16. The third-order valence-electron chi connectivity index (χ3n) is 4.57. The molecule has 0 aromatic carbocycles. The van der Waals surface area contributed by atoms with Crippen molar-refractivity contribution in [2.75, 3.05) is 13.1 Å². The van der Waals surface area contributed by atoms with Crippen LogP contribution in [-0.4, -0.2) is 54.3 Å². The first-order chi connectivity index (χ1) is 11.9. The Morgan fingerprint density at radius 1 is 1.32 bits per heavy atom. The zero-order chi connectivity index (χ0) is 17.6. The number of aromatic nitrogens is 6. The van der Waals surface area contributed by atoms with Gasteiger partial charge >= 0.3 is 6.18 Å². The predicted molar refractivity (Wildman–Crippen MR) is 77.4 cm³/mol. The minimum absolute atomic E-state index is 0.0232. The molecule has 1 aliphatic heterocycles. The first kappa shape index (κ1) is 16.0. The van der Waals surface area contributed by atoms with E-state index in [0.29, 0.717) is 25.3 Å². The Hall–Kier alpha value is -2.46. The van der Waals surface area contributed by atoms with Crippen molar-refractivity contribution in [2.45, 2.75) is 37.9 Å². The van der Waals surface area contributed by atoms with Gasteiger partial charge in [-0.1, -0.05) is 5.21 Å². The molecule has 2 aromatic rings. The van der Waals surface area contributed by atoms with Gasteiger partial charge < -0.3 is 4.90 Å². The summed E-state index contributed by atoms with van der Waals surface area (Å²) >= 11 is 0. The van der Waals surface area contributed by atoms with Crippen LogP contribution >= 0.6 is 0 Å². The number of nitrogens with one attached hydrogen (secondary N) is 1. The van der Waals surface area contributed by atoms with Crippen molar-refractivity contribution < 1.29 is 18.0 Å². The molecule has 1 amide bonds. The summed E-state index contributed by atoms with van der Waals surface area (Å²) in [5.41, 5.74) is -0.986. The number of hydrogen-bond donors (Lipinski definition) is 1. The second kappa shape index (κ2) is 5.81. The zero-order valence-electron chi connectivity index (χ0n) is 13.2. The highest BCUT2D eigenvalue weighted by Gasteiger charge is 2.40. The number of tetrazole rings is 1. The standard InChI is InChI=1S/C14H16F3N7O/c15-14(16,17)11-6-10(24(20-11)9-1-2-9)13(25)23-4-3-8(7-23)5-12-18-21-22-19-12/h6,8-9H,1-5,7H2,(H,18,19,21,22). The van der Waals surface area contributed by atoms with E-state index in [0.717, 1.165) is 25.3 Å². The van der Waals surface area contributed by atoms with E-state index < -0.39 is 17.8 Å². The summed E-state index contributed by atoms with van der Waals surface area (Å²) in [5, 5.41) is 17.3. The van der Waals surface area contributed by atoms with Gasteiger partial charge in [-0.05, 0) is 25.2 Å². The topological polar surface area (TPSA) is 92.6 Å². The third-order valence-corrected chi connectivity index (χ3v) is 4.57. The molecule has 11 heteroatoms. The fourth-order valence-corrected chi connectivity index (χ4v) is 3.16. The van der Waals surface area contributed by atoms with Gasteiger partial charge in [-0.15, -0.1) is 10.2 Å². The smallest absolute Gasteiger partial charge is 0.337 e. The average molecular weight is 355 g/mol. The van der Waals surface area contributed by atoms with Crippen molar-refractivity contribution in [2.24, 2.45) is 5.92 Å². The SMILES string of the molecule is O=C(c1cc(C(F)(F)F)nn1C1CC1)N1CCC(Cc2nn[nH]n2)C1. The molecule has 2 fully saturated rings. The Morgan fingerprint density at radius 3 is 2.76 bits per heavy atom. The second-order valence-electron chi connectivity index (χ2n) is 6.53. The van der Waals surface area contributed by atoms with Gasteiger partial charge in [0.25, 0.3) is 5.91 Å². The third kappa shape index (κ3) is 3.22.